The molecular weight excluding hydrogens is 370 g/mol. The van der Waals surface area contributed by atoms with Gasteiger partial charge in [0, 0.05) is 44.8 Å². The lowest BCUT2D eigenvalue weighted by molar-refractivity contribution is 0.0294. The Morgan fingerprint density at radius 1 is 1.07 bits per heavy atom. The number of amides is 2. The number of imidazole rings is 1. The quantitative estimate of drug-likeness (QED) is 0.735. The van der Waals surface area contributed by atoms with Crippen LogP contribution in [0.3, 0.4) is 0 Å². The Morgan fingerprint density at radius 3 is 2.48 bits per heavy atom. The van der Waals surface area contributed by atoms with Gasteiger partial charge < -0.3 is 19.9 Å². The van der Waals surface area contributed by atoms with Crippen LogP contribution in [0.4, 0.5) is 11.4 Å². The standard InChI is InChI=1S/C21H23N5O3/c1-24(2)16-8-6-15(7-9-16)22-20(27)18-17-5-3-4-10-26(17)19(23-18)21(28)25-11-13-29-14-12-25/h3-10H,11-14H2,1-2H3,(H,22,27). The number of hydrogen-bond acceptors (Lipinski definition) is 5. The third kappa shape index (κ3) is 3.79. The highest BCUT2D eigenvalue weighted by atomic mass is 16.5. The molecule has 1 aromatic carbocycles. The van der Waals surface area contributed by atoms with E-state index < -0.39 is 0 Å². The first-order chi connectivity index (χ1) is 14.0. The number of anilines is 2. The van der Waals surface area contributed by atoms with Gasteiger partial charge in [-0.1, -0.05) is 6.07 Å². The highest BCUT2D eigenvalue weighted by molar-refractivity contribution is 6.09. The smallest absolute Gasteiger partial charge is 0.290 e. The van der Waals surface area contributed by atoms with Crippen LogP contribution >= 0.6 is 0 Å². The van der Waals surface area contributed by atoms with Gasteiger partial charge in [-0.05, 0) is 36.4 Å². The minimum atomic E-state index is -0.354. The van der Waals surface area contributed by atoms with Gasteiger partial charge in [-0.25, -0.2) is 4.98 Å². The number of morpholine rings is 1. The molecule has 2 aromatic heterocycles. The van der Waals surface area contributed by atoms with Gasteiger partial charge in [0.25, 0.3) is 11.8 Å². The predicted molar refractivity (Wildman–Crippen MR) is 111 cm³/mol. The maximum absolute atomic E-state index is 13.0. The van der Waals surface area contributed by atoms with Crippen LogP contribution in [-0.4, -0.2) is 66.5 Å². The lowest BCUT2D eigenvalue weighted by Crippen LogP contribution is -2.41. The van der Waals surface area contributed by atoms with E-state index in [0.29, 0.717) is 37.5 Å². The Morgan fingerprint density at radius 2 is 1.79 bits per heavy atom. The molecule has 29 heavy (non-hydrogen) atoms. The van der Waals surface area contributed by atoms with E-state index in [1.807, 2.05) is 55.4 Å². The number of aromatic nitrogens is 2. The minimum absolute atomic E-state index is 0.205. The SMILES string of the molecule is CN(C)c1ccc(NC(=O)c2nc(C(=O)N3CCOCC3)n3ccccc23)cc1. The summed E-state index contributed by atoms with van der Waals surface area (Å²) in [6, 6.07) is 12.9. The van der Waals surface area contributed by atoms with Crippen LogP contribution in [-0.2, 0) is 4.74 Å². The molecule has 0 aliphatic carbocycles. The zero-order valence-electron chi connectivity index (χ0n) is 16.5. The summed E-state index contributed by atoms with van der Waals surface area (Å²) < 4.78 is 6.99. The molecule has 1 fully saturated rings. The van der Waals surface area contributed by atoms with Crippen molar-refractivity contribution in [1.29, 1.82) is 0 Å². The van der Waals surface area contributed by atoms with Gasteiger partial charge in [0.15, 0.2) is 5.69 Å². The van der Waals surface area contributed by atoms with E-state index in [-0.39, 0.29) is 23.3 Å². The van der Waals surface area contributed by atoms with Gasteiger partial charge in [-0.3, -0.25) is 14.0 Å². The highest BCUT2D eigenvalue weighted by Crippen LogP contribution is 2.19. The average Bonchev–Trinajstić information content (AvgIpc) is 3.14. The maximum atomic E-state index is 13.0. The fourth-order valence-corrected chi connectivity index (χ4v) is 3.30. The summed E-state index contributed by atoms with van der Waals surface area (Å²) in [4.78, 5) is 34.0. The molecule has 1 aliphatic rings. The Hall–Kier alpha value is -3.39. The van der Waals surface area contributed by atoms with Crippen molar-refractivity contribution in [2.75, 3.05) is 50.6 Å². The van der Waals surface area contributed by atoms with Crippen molar-refractivity contribution < 1.29 is 14.3 Å². The first-order valence-corrected chi connectivity index (χ1v) is 9.47. The number of rotatable bonds is 4. The van der Waals surface area contributed by atoms with E-state index in [1.165, 1.54) is 0 Å². The van der Waals surface area contributed by atoms with Gasteiger partial charge in [0.05, 0.1) is 18.7 Å². The summed E-state index contributed by atoms with van der Waals surface area (Å²) in [7, 11) is 3.91. The number of pyridine rings is 1. The largest absolute Gasteiger partial charge is 0.378 e. The maximum Gasteiger partial charge on any atom is 0.290 e. The van der Waals surface area contributed by atoms with Crippen LogP contribution < -0.4 is 10.2 Å². The summed E-state index contributed by atoms with van der Waals surface area (Å²) in [6.07, 6.45) is 1.75. The normalized spacial score (nSPS) is 14.1. The van der Waals surface area contributed by atoms with E-state index in [9.17, 15) is 9.59 Å². The number of carbonyl (C=O) groups excluding carboxylic acids is 2. The summed E-state index contributed by atoms with van der Waals surface area (Å²) in [6.45, 7) is 2.04. The van der Waals surface area contributed by atoms with E-state index in [4.69, 9.17) is 4.74 Å². The summed E-state index contributed by atoms with van der Waals surface area (Å²) >= 11 is 0. The molecule has 150 valence electrons. The highest BCUT2D eigenvalue weighted by Gasteiger charge is 2.26. The molecule has 8 nitrogen and oxygen atoms in total. The van der Waals surface area contributed by atoms with Crippen molar-refractivity contribution in [3.63, 3.8) is 0 Å². The molecule has 1 saturated heterocycles. The minimum Gasteiger partial charge on any atom is -0.378 e. The summed E-state index contributed by atoms with van der Waals surface area (Å²) in [5, 5.41) is 2.87. The first kappa shape index (κ1) is 18.9. The molecule has 0 saturated carbocycles. The Bertz CT molecular complexity index is 1040. The number of ether oxygens (including phenoxy) is 1. The number of fused-ring (bicyclic) bond motifs is 1. The second kappa shape index (κ2) is 7.92. The van der Waals surface area contributed by atoms with E-state index in [1.54, 1.807) is 21.6 Å². The Balaban J connectivity index is 1.63. The fraction of sp³-hybridized carbons (Fsp3) is 0.286. The lowest BCUT2D eigenvalue weighted by Gasteiger charge is -2.26. The van der Waals surface area contributed by atoms with Gasteiger partial charge in [-0.15, -0.1) is 0 Å². The molecule has 4 rings (SSSR count). The summed E-state index contributed by atoms with van der Waals surface area (Å²) in [5.74, 6) is -0.327. The number of hydrogen-bond donors (Lipinski definition) is 1. The van der Waals surface area contributed by atoms with Crippen LogP contribution in [0.25, 0.3) is 5.52 Å². The fourth-order valence-electron chi connectivity index (χ4n) is 3.30. The second-order valence-corrected chi connectivity index (χ2v) is 7.04. The first-order valence-electron chi connectivity index (χ1n) is 9.47. The third-order valence-electron chi connectivity index (χ3n) is 4.89. The van der Waals surface area contributed by atoms with Crippen molar-refractivity contribution >= 4 is 28.7 Å². The number of carbonyl (C=O) groups is 2. The molecule has 1 aliphatic heterocycles. The number of nitrogens with one attached hydrogen (secondary N) is 1. The van der Waals surface area contributed by atoms with Gasteiger partial charge >= 0.3 is 0 Å². The topological polar surface area (TPSA) is 79.2 Å². The average molecular weight is 393 g/mol. The van der Waals surface area contributed by atoms with Crippen molar-refractivity contribution in [2.24, 2.45) is 0 Å². The molecule has 1 N–H and O–H groups in total. The molecule has 8 heteroatoms. The van der Waals surface area contributed by atoms with Crippen molar-refractivity contribution in [2.45, 2.75) is 0 Å². The summed E-state index contributed by atoms with van der Waals surface area (Å²) in [5.41, 5.74) is 2.51. The van der Waals surface area contributed by atoms with Crippen LogP contribution in [0.5, 0.6) is 0 Å². The van der Waals surface area contributed by atoms with E-state index in [2.05, 4.69) is 10.3 Å². The zero-order valence-corrected chi connectivity index (χ0v) is 16.5. The molecule has 0 spiro atoms. The number of nitrogens with zero attached hydrogens (tertiary/aromatic N) is 4. The van der Waals surface area contributed by atoms with Crippen molar-refractivity contribution in [1.82, 2.24) is 14.3 Å². The van der Waals surface area contributed by atoms with Crippen molar-refractivity contribution in [3.05, 3.63) is 60.2 Å². The Kier molecular flexibility index (Phi) is 5.18. The second-order valence-electron chi connectivity index (χ2n) is 7.04. The third-order valence-corrected chi connectivity index (χ3v) is 4.89. The van der Waals surface area contributed by atoms with Crippen LogP contribution in [0.1, 0.15) is 21.1 Å². The van der Waals surface area contributed by atoms with Gasteiger partial charge in [0.2, 0.25) is 5.82 Å². The van der Waals surface area contributed by atoms with Crippen LogP contribution in [0, 0.1) is 0 Å². The molecule has 2 amide bonds. The molecule has 3 aromatic rings. The van der Waals surface area contributed by atoms with Crippen molar-refractivity contribution in [3.8, 4) is 0 Å². The molecule has 3 heterocycles. The van der Waals surface area contributed by atoms with E-state index >= 15 is 0 Å². The predicted octanol–water partition coefficient (Wildman–Crippen LogP) is 2.12. The van der Waals surface area contributed by atoms with Crippen LogP contribution in [0.15, 0.2) is 48.7 Å². The molecule has 0 atom stereocenters. The zero-order chi connectivity index (χ0) is 20.4. The van der Waals surface area contributed by atoms with Crippen LogP contribution in [0.2, 0.25) is 0 Å². The monoisotopic (exact) mass is 393 g/mol. The molecule has 0 unspecified atom stereocenters. The molecule has 0 bridgehead atoms. The molecular formula is C21H23N5O3. The van der Waals surface area contributed by atoms with Gasteiger partial charge in [0.1, 0.15) is 0 Å². The number of benzene rings is 1. The van der Waals surface area contributed by atoms with E-state index in [0.717, 1.165) is 5.69 Å². The molecule has 0 radical (unpaired) electrons. The lowest BCUT2D eigenvalue weighted by atomic mass is 10.2. The van der Waals surface area contributed by atoms with Gasteiger partial charge in [-0.2, -0.15) is 0 Å². The Labute approximate surface area is 168 Å².